The molecule has 0 saturated heterocycles. The van der Waals surface area contributed by atoms with Crippen LogP contribution >= 0.6 is 0 Å². The van der Waals surface area contributed by atoms with E-state index in [0.29, 0.717) is 0 Å². The number of hydrogen-bond acceptors (Lipinski definition) is 3. The Morgan fingerprint density at radius 2 is 1.39 bits per heavy atom. The van der Waals surface area contributed by atoms with Gasteiger partial charge >= 0.3 is 6.18 Å². The van der Waals surface area contributed by atoms with E-state index in [1.165, 1.54) is 60.7 Å². The molecule has 0 amide bonds. The molecule has 3 aromatic carbocycles. The van der Waals surface area contributed by atoms with Crippen molar-refractivity contribution in [2.75, 3.05) is 6.26 Å². The van der Waals surface area contributed by atoms with E-state index in [0.717, 1.165) is 23.1 Å². The topological polar surface area (TPSA) is 52.0 Å². The average Bonchev–Trinajstić information content (AvgIpc) is 3.14. The number of benzene rings is 3. The molecule has 4 rings (SSSR count). The Labute approximate surface area is 185 Å². The normalized spacial score (nSPS) is 12.2. The van der Waals surface area contributed by atoms with Crippen LogP contribution in [0.4, 0.5) is 22.0 Å². The van der Waals surface area contributed by atoms with Crippen LogP contribution in [0.1, 0.15) is 5.69 Å². The Hall–Kier alpha value is -3.53. The van der Waals surface area contributed by atoms with E-state index in [9.17, 15) is 30.4 Å². The molecule has 170 valence electrons. The first-order chi connectivity index (χ1) is 15.5. The molecular weight excluding hydrogens is 463 g/mol. The molecule has 0 saturated carbocycles. The Kier molecular flexibility index (Phi) is 5.57. The maximum Gasteiger partial charge on any atom is 0.435 e. The fraction of sp³-hybridized carbons (Fsp3) is 0.0870. The molecule has 0 spiro atoms. The highest BCUT2D eigenvalue weighted by Gasteiger charge is 2.41. The van der Waals surface area contributed by atoms with Crippen LogP contribution in [0, 0.1) is 11.6 Å². The molecule has 4 nitrogen and oxygen atoms in total. The molecule has 0 aliphatic carbocycles. The van der Waals surface area contributed by atoms with Crippen LogP contribution < -0.4 is 0 Å². The van der Waals surface area contributed by atoms with Crippen LogP contribution in [-0.4, -0.2) is 24.5 Å². The van der Waals surface area contributed by atoms with Crippen molar-refractivity contribution < 1.29 is 30.4 Å². The highest BCUT2D eigenvalue weighted by molar-refractivity contribution is 7.90. The van der Waals surface area contributed by atoms with Crippen LogP contribution in [0.3, 0.4) is 0 Å². The maximum atomic E-state index is 14.7. The summed E-state index contributed by atoms with van der Waals surface area (Å²) in [4.78, 5) is -0.0632. The zero-order chi connectivity index (χ0) is 24.0. The zero-order valence-electron chi connectivity index (χ0n) is 16.9. The van der Waals surface area contributed by atoms with Crippen LogP contribution in [0.15, 0.2) is 77.7 Å². The average molecular weight is 478 g/mol. The van der Waals surface area contributed by atoms with Gasteiger partial charge < -0.3 is 0 Å². The lowest BCUT2D eigenvalue weighted by Crippen LogP contribution is -2.09. The number of rotatable bonds is 4. The number of sulfone groups is 1. The first-order valence-electron chi connectivity index (χ1n) is 9.49. The lowest BCUT2D eigenvalue weighted by Gasteiger charge is -2.12. The first-order valence-corrected chi connectivity index (χ1v) is 11.4. The summed E-state index contributed by atoms with van der Waals surface area (Å²) in [5.74, 6) is -1.77. The number of para-hydroxylation sites is 1. The van der Waals surface area contributed by atoms with Crippen LogP contribution in [0.25, 0.3) is 28.1 Å². The standard InChI is InChI=1S/C23H15F5N2O2S/c1-33(31,32)15-12-10-14(11-13-15)21-20(16-6-2-3-7-17(16)24)22(23(26,27)28)29-30(21)19-9-5-4-8-18(19)25/h2-13H,1H3. The second-order valence-electron chi connectivity index (χ2n) is 7.21. The summed E-state index contributed by atoms with van der Waals surface area (Å²) < 4.78 is 95.8. The van der Waals surface area contributed by atoms with Gasteiger partial charge in [0.05, 0.1) is 10.6 Å². The van der Waals surface area contributed by atoms with Crippen molar-refractivity contribution >= 4 is 9.84 Å². The third kappa shape index (κ3) is 4.25. The van der Waals surface area contributed by atoms with Crippen molar-refractivity contribution in [1.29, 1.82) is 0 Å². The van der Waals surface area contributed by atoms with Gasteiger partial charge in [0, 0.05) is 22.9 Å². The van der Waals surface area contributed by atoms with E-state index in [2.05, 4.69) is 5.10 Å². The van der Waals surface area contributed by atoms with Crippen LogP contribution in [-0.2, 0) is 16.0 Å². The van der Waals surface area contributed by atoms with Gasteiger partial charge in [-0.1, -0.05) is 42.5 Å². The minimum absolute atomic E-state index is 0.0632. The number of aromatic nitrogens is 2. The van der Waals surface area contributed by atoms with E-state index < -0.39 is 38.9 Å². The SMILES string of the molecule is CS(=O)(=O)c1ccc(-c2c(-c3ccccc3F)c(C(F)(F)F)nn2-c2ccccc2F)cc1. The monoisotopic (exact) mass is 478 g/mol. The second kappa shape index (κ2) is 8.11. The molecule has 0 aliphatic rings. The summed E-state index contributed by atoms with van der Waals surface area (Å²) in [5.41, 5.74) is -2.80. The summed E-state index contributed by atoms with van der Waals surface area (Å²) in [7, 11) is -3.58. The molecule has 4 aromatic rings. The molecule has 1 aromatic heterocycles. The fourth-order valence-corrected chi connectivity index (χ4v) is 4.09. The summed E-state index contributed by atoms with van der Waals surface area (Å²) in [6.07, 6.45) is -4.01. The molecule has 33 heavy (non-hydrogen) atoms. The predicted octanol–water partition coefficient (Wildman–Crippen LogP) is 5.91. The van der Waals surface area contributed by atoms with Crippen molar-refractivity contribution in [3.8, 4) is 28.1 Å². The molecule has 0 bridgehead atoms. The van der Waals surface area contributed by atoms with Gasteiger partial charge in [0.15, 0.2) is 15.5 Å². The fourth-order valence-electron chi connectivity index (χ4n) is 3.46. The van der Waals surface area contributed by atoms with Crippen LogP contribution in [0.2, 0.25) is 0 Å². The molecule has 0 atom stereocenters. The number of alkyl halides is 3. The molecule has 0 N–H and O–H groups in total. The van der Waals surface area contributed by atoms with E-state index >= 15 is 0 Å². The van der Waals surface area contributed by atoms with Crippen molar-refractivity contribution in [2.24, 2.45) is 0 Å². The molecule has 0 radical (unpaired) electrons. The first kappa shape index (κ1) is 22.7. The Bertz CT molecular complexity index is 1440. The largest absolute Gasteiger partial charge is 0.435 e. The van der Waals surface area contributed by atoms with E-state index in [1.54, 1.807) is 0 Å². The van der Waals surface area contributed by atoms with Gasteiger partial charge in [-0.2, -0.15) is 18.3 Å². The molecular formula is C23H15F5N2O2S. The lowest BCUT2D eigenvalue weighted by molar-refractivity contribution is -0.140. The molecule has 0 aliphatic heterocycles. The van der Waals surface area contributed by atoms with Gasteiger partial charge in [0.1, 0.15) is 17.3 Å². The predicted molar refractivity (Wildman–Crippen MR) is 112 cm³/mol. The van der Waals surface area contributed by atoms with Gasteiger partial charge in [0.25, 0.3) is 0 Å². The van der Waals surface area contributed by atoms with Crippen molar-refractivity contribution in [1.82, 2.24) is 9.78 Å². The van der Waals surface area contributed by atoms with E-state index in [1.807, 2.05) is 0 Å². The molecule has 0 unspecified atom stereocenters. The van der Waals surface area contributed by atoms with Crippen LogP contribution in [0.5, 0.6) is 0 Å². The summed E-state index contributed by atoms with van der Waals surface area (Å²) in [6, 6.07) is 14.9. The van der Waals surface area contributed by atoms with Gasteiger partial charge in [-0.3, -0.25) is 0 Å². The van der Waals surface area contributed by atoms with Crippen molar-refractivity contribution in [2.45, 2.75) is 11.1 Å². The minimum atomic E-state index is -4.99. The molecule has 1 heterocycles. The van der Waals surface area contributed by atoms with E-state index in [-0.39, 0.29) is 27.4 Å². The van der Waals surface area contributed by atoms with Gasteiger partial charge in [-0.05, 0) is 30.3 Å². The van der Waals surface area contributed by atoms with Gasteiger partial charge in [0.2, 0.25) is 0 Å². The molecule has 0 fully saturated rings. The smallest absolute Gasteiger partial charge is 0.229 e. The van der Waals surface area contributed by atoms with Crippen molar-refractivity contribution in [3.05, 3.63) is 90.1 Å². The lowest BCUT2D eigenvalue weighted by atomic mass is 9.97. The van der Waals surface area contributed by atoms with Gasteiger partial charge in [-0.25, -0.2) is 21.9 Å². The number of halogens is 5. The highest BCUT2D eigenvalue weighted by atomic mass is 32.2. The highest BCUT2D eigenvalue weighted by Crippen LogP contribution is 2.44. The Morgan fingerprint density at radius 1 is 0.818 bits per heavy atom. The summed E-state index contributed by atoms with van der Waals surface area (Å²) >= 11 is 0. The quantitative estimate of drug-likeness (QED) is 0.343. The zero-order valence-corrected chi connectivity index (χ0v) is 17.8. The van der Waals surface area contributed by atoms with Crippen molar-refractivity contribution in [3.63, 3.8) is 0 Å². The molecule has 10 heteroatoms. The Balaban J connectivity index is 2.13. The number of hydrogen-bond donors (Lipinski definition) is 0. The number of nitrogens with zero attached hydrogens (tertiary/aromatic N) is 2. The Morgan fingerprint density at radius 3 is 1.94 bits per heavy atom. The summed E-state index contributed by atoms with van der Waals surface area (Å²) in [6.45, 7) is 0. The van der Waals surface area contributed by atoms with E-state index in [4.69, 9.17) is 0 Å². The maximum absolute atomic E-state index is 14.7. The minimum Gasteiger partial charge on any atom is -0.229 e. The third-order valence-electron chi connectivity index (χ3n) is 4.93. The second-order valence-corrected chi connectivity index (χ2v) is 9.23. The van der Waals surface area contributed by atoms with Gasteiger partial charge in [-0.15, -0.1) is 0 Å². The summed E-state index contributed by atoms with van der Waals surface area (Å²) in [5, 5.41) is 3.64. The third-order valence-corrected chi connectivity index (χ3v) is 6.06.